The predicted octanol–water partition coefficient (Wildman–Crippen LogP) is 7.16. The van der Waals surface area contributed by atoms with Crippen LogP contribution in [0.25, 0.3) is 45.0 Å². The van der Waals surface area contributed by atoms with Crippen LogP contribution in [-0.4, -0.2) is 15.0 Å². The standard InChI is InChI=1S/C29H23N3/c1-20-16-24(22-10-5-3-6-11-22)18-28(30-20)26-14-9-15-27(32-26)29-19-25(17-21(2)31-29)23-12-7-4-8-13-23/h3-19H,1-2H3. The molecule has 0 aliphatic rings. The summed E-state index contributed by atoms with van der Waals surface area (Å²) < 4.78 is 0. The molecule has 5 rings (SSSR count). The van der Waals surface area contributed by atoms with Crippen LogP contribution in [0.4, 0.5) is 0 Å². The van der Waals surface area contributed by atoms with Gasteiger partial charge in [-0.3, -0.25) is 9.97 Å². The summed E-state index contributed by atoms with van der Waals surface area (Å²) in [6.45, 7) is 4.04. The van der Waals surface area contributed by atoms with Crippen molar-refractivity contribution >= 4 is 0 Å². The average Bonchev–Trinajstić information content (AvgIpc) is 2.84. The Kier molecular flexibility index (Phi) is 5.30. The van der Waals surface area contributed by atoms with Crippen molar-refractivity contribution in [2.75, 3.05) is 0 Å². The first kappa shape index (κ1) is 19.8. The number of hydrogen-bond donors (Lipinski definition) is 0. The second-order valence-corrected chi connectivity index (χ2v) is 7.91. The second kappa shape index (κ2) is 8.56. The molecule has 154 valence electrons. The summed E-state index contributed by atoms with van der Waals surface area (Å²) in [6, 6.07) is 35.2. The Balaban J connectivity index is 1.57. The van der Waals surface area contributed by atoms with Crippen LogP contribution in [-0.2, 0) is 0 Å². The predicted molar refractivity (Wildman–Crippen MR) is 131 cm³/mol. The van der Waals surface area contributed by atoms with Crippen LogP contribution in [0.3, 0.4) is 0 Å². The summed E-state index contributed by atoms with van der Waals surface area (Å²) in [5.74, 6) is 0. The van der Waals surface area contributed by atoms with Gasteiger partial charge in [0.05, 0.1) is 22.8 Å². The zero-order chi connectivity index (χ0) is 21.9. The number of aryl methyl sites for hydroxylation is 2. The van der Waals surface area contributed by atoms with E-state index in [9.17, 15) is 0 Å². The molecule has 5 aromatic rings. The number of benzene rings is 2. The molecular weight excluding hydrogens is 390 g/mol. The first-order chi connectivity index (χ1) is 15.7. The van der Waals surface area contributed by atoms with Crippen molar-refractivity contribution in [3.05, 3.63) is 115 Å². The van der Waals surface area contributed by atoms with Gasteiger partial charge in [-0.15, -0.1) is 0 Å². The van der Waals surface area contributed by atoms with Gasteiger partial charge in [0, 0.05) is 11.4 Å². The highest BCUT2D eigenvalue weighted by Crippen LogP contribution is 2.28. The summed E-state index contributed by atoms with van der Waals surface area (Å²) in [4.78, 5) is 14.5. The fourth-order valence-corrected chi connectivity index (χ4v) is 3.91. The maximum atomic E-state index is 4.94. The Labute approximate surface area is 188 Å². The molecule has 3 nitrogen and oxygen atoms in total. The van der Waals surface area contributed by atoms with Gasteiger partial charge in [-0.2, -0.15) is 0 Å². The van der Waals surface area contributed by atoms with Gasteiger partial charge in [-0.05, 0) is 72.5 Å². The topological polar surface area (TPSA) is 38.7 Å². The van der Waals surface area contributed by atoms with Gasteiger partial charge >= 0.3 is 0 Å². The minimum absolute atomic E-state index is 0.841. The first-order valence-electron chi connectivity index (χ1n) is 10.7. The molecule has 0 bridgehead atoms. The third-order valence-electron chi connectivity index (χ3n) is 5.40. The molecule has 0 aliphatic heterocycles. The highest BCUT2D eigenvalue weighted by atomic mass is 14.8. The van der Waals surface area contributed by atoms with E-state index in [4.69, 9.17) is 15.0 Å². The van der Waals surface area contributed by atoms with E-state index in [0.717, 1.165) is 45.3 Å². The number of nitrogens with zero attached hydrogens (tertiary/aromatic N) is 3. The Hall–Kier alpha value is -4.11. The van der Waals surface area contributed by atoms with Crippen molar-refractivity contribution in [3.63, 3.8) is 0 Å². The molecule has 0 amide bonds. The van der Waals surface area contributed by atoms with Gasteiger partial charge in [0.2, 0.25) is 0 Å². The maximum Gasteiger partial charge on any atom is 0.0895 e. The molecule has 0 saturated heterocycles. The van der Waals surface area contributed by atoms with E-state index in [2.05, 4.69) is 72.8 Å². The van der Waals surface area contributed by atoms with Crippen LogP contribution in [0.15, 0.2) is 103 Å². The molecule has 0 radical (unpaired) electrons. The third kappa shape index (κ3) is 4.19. The van der Waals surface area contributed by atoms with Crippen molar-refractivity contribution in [1.82, 2.24) is 15.0 Å². The normalized spacial score (nSPS) is 10.8. The first-order valence-corrected chi connectivity index (χ1v) is 10.7. The van der Waals surface area contributed by atoms with Crippen molar-refractivity contribution in [2.24, 2.45) is 0 Å². The number of pyridine rings is 3. The molecule has 0 fully saturated rings. The molecule has 0 N–H and O–H groups in total. The molecule has 0 spiro atoms. The Morgan fingerprint density at radius 2 is 0.812 bits per heavy atom. The fraction of sp³-hybridized carbons (Fsp3) is 0.0690. The molecule has 0 aliphatic carbocycles. The number of rotatable bonds is 4. The number of aromatic nitrogens is 3. The molecule has 3 heteroatoms. The zero-order valence-electron chi connectivity index (χ0n) is 18.2. The van der Waals surface area contributed by atoms with Gasteiger partial charge < -0.3 is 0 Å². The largest absolute Gasteiger partial charge is 0.251 e. The van der Waals surface area contributed by atoms with E-state index in [1.54, 1.807) is 0 Å². The quantitative estimate of drug-likeness (QED) is 0.314. The van der Waals surface area contributed by atoms with Crippen LogP contribution in [0.5, 0.6) is 0 Å². The summed E-state index contributed by atoms with van der Waals surface area (Å²) in [6.07, 6.45) is 0. The third-order valence-corrected chi connectivity index (χ3v) is 5.40. The minimum atomic E-state index is 0.841. The molecule has 2 aromatic carbocycles. The van der Waals surface area contributed by atoms with Crippen molar-refractivity contribution in [2.45, 2.75) is 13.8 Å². The molecular formula is C29H23N3. The van der Waals surface area contributed by atoms with Crippen LogP contribution in [0.1, 0.15) is 11.4 Å². The smallest absolute Gasteiger partial charge is 0.0895 e. The van der Waals surface area contributed by atoms with E-state index in [1.165, 1.54) is 11.1 Å². The van der Waals surface area contributed by atoms with Gasteiger partial charge in [0.1, 0.15) is 0 Å². The van der Waals surface area contributed by atoms with Gasteiger partial charge in [0.25, 0.3) is 0 Å². The summed E-state index contributed by atoms with van der Waals surface area (Å²) in [5.41, 5.74) is 9.96. The Bertz CT molecular complexity index is 1270. The van der Waals surface area contributed by atoms with Crippen LogP contribution >= 0.6 is 0 Å². The molecule has 32 heavy (non-hydrogen) atoms. The molecule has 0 atom stereocenters. The lowest BCUT2D eigenvalue weighted by Gasteiger charge is -2.10. The zero-order valence-corrected chi connectivity index (χ0v) is 18.2. The molecule has 0 saturated carbocycles. The Morgan fingerprint density at radius 1 is 0.375 bits per heavy atom. The van der Waals surface area contributed by atoms with Crippen LogP contribution < -0.4 is 0 Å². The van der Waals surface area contributed by atoms with Gasteiger partial charge in [0.15, 0.2) is 0 Å². The lowest BCUT2D eigenvalue weighted by Crippen LogP contribution is -1.95. The lowest BCUT2D eigenvalue weighted by atomic mass is 10.0. The fourth-order valence-electron chi connectivity index (χ4n) is 3.91. The monoisotopic (exact) mass is 413 g/mol. The number of hydrogen-bond acceptors (Lipinski definition) is 3. The van der Waals surface area contributed by atoms with Crippen LogP contribution in [0, 0.1) is 13.8 Å². The second-order valence-electron chi connectivity index (χ2n) is 7.91. The highest BCUT2D eigenvalue weighted by Gasteiger charge is 2.10. The van der Waals surface area contributed by atoms with E-state index in [1.807, 2.05) is 44.2 Å². The summed E-state index contributed by atoms with van der Waals surface area (Å²) >= 11 is 0. The average molecular weight is 414 g/mol. The lowest BCUT2D eigenvalue weighted by molar-refractivity contribution is 1.16. The van der Waals surface area contributed by atoms with Crippen molar-refractivity contribution in [1.29, 1.82) is 0 Å². The minimum Gasteiger partial charge on any atom is -0.251 e. The van der Waals surface area contributed by atoms with E-state index in [0.29, 0.717) is 0 Å². The summed E-state index contributed by atoms with van der Waals surface area (Å²) in [5, 5.41) is 0. The Morgan fingerprint density at radius 3 is 1.25 bits per heavy atom. The highest BCUT2D eigenvalue weighted by molar-refractivity contribution is 5.73. The van der Waals surface area contributed by atoms with Gasteiger partial charge in [-0.25, -0.2) is 4.98 Å². The van der Waals surface area contributed by atoms with E-state index >= 15 is 0 Å². The molecule has 0 unspecified atom stereocenters. The van der Waals surface area contributed by atoms with Crippen LogP contribution in [0.2, 0.25) is 0 Å². The van der Waals surface area contributed by atoms with Crippen molar-refractivity contribution < 1.29 is 0 Å². The molecule has 3 aromatic heterocycles. The summed E-state index contributed by atoms with van der Waals surface area (Å²) in [7, 11) is 0. The molecule has 3 heterocycles. The van der Waals surface area contributed by atoms with Crippen molar-refractivity contribution in [3.8, 4) is 45.0 Å². The van der Waals surface area contributed by atoms with E-state index < -0.39 is 0 Å². The SMILES string of the molecule is Cc1cc(-c2ccccc2)cc(-c2cccc(-c3cc(-c4ccccc4)cc(C)n3)n2)n1. The van der Waals surface area contributed by atoms with E-state index in [-0.39, 0.29) is 0 Å². The van der Waals surface area contributed by atoms with Gasteiger partial charge in [-0.1, -0.05) is 66.7 Å². The maximum absolute atomic E-state index is 4.94.